The molecule has 186 valence electrons. The molecule has 1 atom stereocenters. The molecule has 2 aromatic heterocycles. The van der Waals surface area contributed by atoms with Gasteiger partial charge in [0.2, 0.25) is 17.7 Å². The lowest BCUT2D eigenvalue weighted by Gasteiger charge is -2.32. The zero-order chi connectivity index (χ0) is 25.2. The van der Waals surface area contributed by atoms with Crippen molar-refractivity contribution >= 4 is 29.3 Å². The van der Waals surface area contributed by atoms with E-state index in [1.165, 1.54) is 13.3 Å². The summed E-state index contributed by atoms with van der Waals surface area (Å²) in [6.45, 7) is 1.29. The lowest BCUT2D eigenvalue weighted by molar-refractivity contribution is -0.132. The molecule has 3 amide bonds. The minimum Gasteiger partial charge on any atom is -0.481 e. The molecule has 1 aromatic carbocycles. The van der Waals surface area contributed by atoms with Gasteiger partial charge in [0.1, 0.15) is 11.7 Å². The lowest BCUT2D eigenvalue weighted by Crippen LogP contribution is -2.48. The Balaban J connectivity index is 1.21. The number of ether oxygens (including phenoxy) is 1. The topological polar surface area (TPSA) is 129 Å². The third-order valence-corrected chi connectivity index (χ3v) is 6.95. The van der Waals surface area contributed by atoms with Gasteiger partial charge in [0, 0.05) is 37.2 Å². The molecule has 3 N–H and O–H groups in total. The highest BCUT2D eigenvalue weighted by Gasteiger charge is 2.33. The maximum absolute atomic E-state index is 13.1. The van der Waals surface area contributed by atoms with E-state index in [9.17, 15) is 14.4 Å². The molecule has 5 rings (SSSR count). The van der Waals surface area contributed by atoms with Crippen molar-refractivity contribution in [1.82, 2.24) is 30.7 Å². The monoisotopic (exact) mass is 508 g/mol. The van der Waals surface area contributed by atoms with Crippen LogP contribution in [0.2, 0.25) is 5.02 Å². The highest BCUT2D eigenvalue weighted by molar-refractivity contribution is 6.33. The molecule has 1 saturated heterocycles. The SMILES string of the molecule is COc1cc(-c2cc(C(=O)N3CCC(C(=O)NC4C(=O)NCc5ccccc54)CC3)[nH]n2)c(Cl)cn1. The Labute approximate surface area is 212 Å². The molecule has 2 aliphatic heterocycles. The summed E-state index contributed by atoms with van der Waals surface area (Å²) in [5.74, 6) is -0.484. The fourth-order valence-electron chi connectivity index (χ4n) is 4.62. The normalized spacial score (nSPS) is 17.8. The van der Waals surface area contributed by atoms with Crippen LogP contribution in [0.1, 0.15) is 40.5 Å². The summed E-state index contributed by atoms with van der Waals surface area (Å²) in [4.78, 5) is 44.2. The minimum atomic E-state index is -0.704. The maximum Gasteiger partial charge on any atom is 0.271 e. The number of H-pyrrole nitrogens is 1. The molecule has 1 unspecified atom stereocenters. The van der Waals surface area contributed by atoms with E-state index < -0.39 is 6.04 Å². The van der Waals surface area contributed by atoms with Crippen LogP contribution in [0.15, 0.2) is 42.6 Å². The van der Waals surface area contributed by atoms with Crippen LogP contribution in [0, 0.1) is 5.92 Å². The molecule has 2 aliphatic rings. The summed E-state index contributed by atoms with van der Waals surface area (Å²) in [6.07, 6.45) is 2.47. The Morgan fingerprint density at radius 1 is 1.19 bits per heavy atom. The van der Waals surface area contributed by atoms with Gasteiger partial charge in [-0.3, -0.25) is 19.5 Å². The molecular weight excluding hydrogens is 484 g/mol. The predicted octanol–water partition coefficient (Wildman–Crippen LogP) is 2.47. The van der Waals surface area contributed by atoms with Gasteiger partial charge >= 0.3 is 0 Å². The summed E-state index contributed by atoms with van der Waals surface area (Å²) < 4.78 is 5.14. The molecule has 0 bridgehead atoms. The first-order chi connectivity index (χ1) is 17.4. The zero-order valence-electron chi connectivity index (χ0n) is 19.6. The van der Waals surface area contributed by atoms with Gasteiger partial charge in [0.05, 0.1) is 24.0 Å². The number of carbonyl (C=O) groups is 3. The van der Waals surface area contributed by atoms with Crippen LogP contribution >= 0.6 is 11.6 Å². The number of benzene rings is 1. The van der Waals surface area contributed by atoms with Gasteiger partial charge in [0.25, 0.3) is 5.91 Å². The number of methoxy groups -OCH3 is 1. The Kier molecular flexibility index (Phi) is 6.60. The Morgan fingerprint density at radius 2 is 1.97 bits per heavy atom. The number of likely N-dealkylation sites (tertiary alicyclic amines) is 1. The summed E-state index contributed by atoms with van der Waals surface area (Å²) in [5, 5.41) is 13.1. The number of hydrogen-bond acceptors (Lipinski definition) is 6. The number of aromatic amines is 1. The fourth-order valence-corrected chi connectivity index (χ4v) is 4.82. The first-order valence-corrected chi connectivity index (χ1v) is 12.0. The molecule has 11 heteroatoms. The number of rotatable bonds is 5. The van der Waals surface area contributed by atoms with Crippen LogP contribution in [0.25, 0.3) is 11.3 Å². The lowest BCUT2D eigenvalue weighted by atomic mass is 9.92. The molecule has 10 nitrogen and oxygen atoms in total. The van der Waals surface area contributed by atoms with E-state index in [1.54, 1.807) is 17.0 Å². The maximum atomic E-state index is 13.1. The van der Waals surface area contributed by atoms with Crippen molar-refractivity contribution in [3.63, 3.8) is 0 Å². The number of amides is 3. The molecule has 3 aromatic rings. The molecule has 0 saturated carbocycles. The van der Waals surface area contributed by atoms with Crippen molar-refractivity contribution in [2.75, 3.05) is 20.2 Å². The quantitative estimate of drug-likeness (QED) is 0.485. The largest absolute Gasteiger partial charge is 0.481 e. The average Bonchev–Trinajstić information content (AvgIpc) is 3.40. The number of pyridine rings is 1. The van der Waals surface area contributed by atoms with Crippen LogP contribution in [-0.4, -0.2) is 58.0 Å². The second kappa shape index (κ2) is 9.98. The van der Waals surface area contributed by atoms with Crippen molar-refractivity contribution in [2.24, 2.45) is 5.92 Å². The van der Waals surface area contributed by atoms with Crippen LogP contribution in [-0.2, 0) is 16.1 Å². The van der Waals surface area contributed by atoms with Crippen LogP contribution in [0.5, 0.6) is 5.88 Å². The number of hydrogen-bond donors (Lipinski definition) is 3. The molecule has 0 radical (unpaired) electrons. The van der Waals surface area contributed by atoms with Gasteiger partial charge in [-0.05, 0) is 30.0 Å². The summed E-state index contributed by atoms with van der Waals surface area (Å²) >= 11 is 6.25. The summed E-state index contributed by atoms with van der Waals surface area (Å²) in [5.41, 5.74) is 3.25. The molecular formula is C25H25ClN6O4. The van der Waals surface area contributed by atoms with E-state index in [0.29, 0.717) is 60.3 Å². The fraction of sp³-hybridized carbons (Fsp3) is 0.320. The van der Waals surface area contributed by atoms with Crippen LogP contribution < -0.4 is 15.4 Å². The average molecular weight is 509 g/mol. The van der Waals surface area contributed by atoms with Gasteiger partial charge in [-0.2, -0.15) is 5.10 Å². The van der Waals surface area contributed by atoms with Crippen molar-refractivity contribution < 1.29 is 19.1 Å². The van der Waals surface area contributed by atoms with E-state index in [1.807, 2.05) is 24.3 Å². The number of nitrogens with zero attached hydrogens (tertiary/aromatic N) is 3. The minimum absolute atomic E-state index is 0.177. The van der Waals surface area contributed by atoms with E-state index in [-0.39, 0.29) is 23.6 Å². The third-order valence-electron chi connectivity index (χ3n) is 6.64. The van der Waals surface area contributed by atoms with Crippen molar-refractivity contribution in [3.8, 4) is 17.1 Å². The number of nitrogens with one attached hydrogen (secondary N) is 3. The van der Waals surface area contributed by atoms with Gasteiger partial charge in [0.15, 0.2) is 0 Å². The highest BCUT2D eigenvalue weighted by atomic mass is 35.5. The molecule has 0 spiro atoms. The highest BCUT2D eigenvalue weighted by Crippen LogP contribution is 2.30. The second-order valence-electron chi connectivity index (χ2n) is 8.80. The number of halogens is 1. The number of carbonyl (C=O) groups excluding carboxylic acids is 3. The molecule has 36 heavy (non-hydrogen) atoms. The van der Waals surface area contributed by atoms with Gasteiger partial charge in [-0.25, -0.2) is 4.98 Å². The Morgan fingerprint density at radius 3 is 2.75 bits per heavy atom. The van der Waals surface area contributed by atoms with Gasteiger partial charge in [-0.15, -0.1) is 0 Å². The number of fused-ring (bicyclic) bond motifs is 1. The van der Waals surface area contributed by atoms with E-state index >= 15 is 0 Å². The van der Waals surface area contributed by atoms with Crippen molar-refractivity contribution in [2.45, 2.75) is 25.4 Å². The van der Waals surface area contributed by atoms with Gasteiger partial charge in [-0.1, -0.05) is 35.9 Å². The van der Waals surface area contributed by atoms with Crippen LogP contribution in [0.4, 0.5) is 0 Å². The second-order valence-corrected chi connectivity index (χ2v) is 9.21. The molecule has 0 aliphatic carbocycles. The third kappa shape index (κ3) is 4.64. The Hall–Kier alpha value is -3.92. The predicted molar refractivity (Wildman–Crippen MR) is 131 cm³/mol. The summed E-state index contributed by atoms with van der Waals surface area (Å²) in [6, 6.07) is 10.2. The smallest absolute Gasteiger partial charge is 0.271 e. The van der Waals surface area contributed by atoms with Gasteiger partial charge < -0.3 is 20.3 Å². The first kappa shape index (κ1) is 23.8. The molecule has 1 fully saturated rings. The first-order valence-electron chi connectivity index (χ1n) is 11.6. The number of aromatic nitrogens is 3. The van der Waals surface area contributed by atoms with E-state index in [0.717, 1.165) is 11.1 Å². The molecule has 4 heterocycles. The standard InChI is InChI=1S/C25H25ClN6O4/c1-36-21-10-17(18(26)13-27-21)19-11-20(31-30-19)25(35)32-8-6-14(7-9-32)23(33)29-22-16-5-3-2-4-15(16)12-28-24(22)34/h2-5,10-11,13-14,22H,6-9,12H2,1H3,(H,28,34)(H,29,33)(H,30,31). The zero-order valence-corrected chi connectivity index (χ0v) is 20.3. The number of piperidine rings is 1. The van der Waals surface area contributed by atoms with E-state index in [4.69, 9.17) is 16.3 Å². The van der Waals surface area contributed by atoms with Crippen molar-refractivity contribution in [3.05, 3.63) is 64.4 Å². The van der Waals surface area contributed by atoms with Crippen LogP contribution in [0.3, 0.4) is 0 Å². The Bertz CT molecular complexity index is 1320. The van der Waals surface area contributed by atoms with Crippen molar-refractivity contribution in [1.29, 1.82) is 0 Å². The summed E-state index contributed by atoms with van der Waals surface area (Å²) in [7, 11) is 1.51. The van der Waals surface area contributed by atoms with E-state index in [2.05, 4.69) is 25.8 Å².